The number of unbranched alkanes of at least 4 members (excludes halogenated alkanes) is 7. The summed E-state index contributed by atoms with van der Waals surface area (Å²) >= 11 is 0. The summed E-state index contributed by atoms with van der Waals surface area (Å²) in [4.78, 5) is 45.9. The number of fused-ring (bicyclic) bond motifs is 3. The second kappa shape index (κ2) is 13.6. The zero-order valence-electron chi connectivity index (χ0n) is 24.2. The fourth-order valence-corrected chi connectivity index (χ4v) is 5.33. The lowest BCUT2D eigenvalue weighted by Gasteiger charge is -2.14. The van der Waals surface area contributed by atoms with Crippen LogP contribution in [0, 0.1) is 0 Å². The van der Waals surface area contributed by atoms with Gasteiger partial charge in [0.15, 0.2) is 11.2 Å². The summed E-state index contributed by atoms with van der Waals surface area (Å²) in [7, 11) is 0. The van der Waals surface area contributed by atoms with Crippen LogP contribution in [0.1, 0.15) is 96.1 Å². The number of hydrogen-bond donors (Lipinski definition) is 1. The first-order chi connectivity index (χ1) is 19.4. The molecule has 0 radical (unpaired) electrons. The summed E-state index contributed by atoms with van der Waals surface area (Å²) in [6, 6.07) is 9.59. The van der Waals surface area contributed by atoms with Crippen LogP contribution < -0.4 is 16.8 Å². The molecule has 0 aliphatic heterocycles. The molecule has 9 heteroatoms. The van der Waals surface area contributed by atoms with Crippen molar-refractivity contribution >= 4 is 16.9 Å². The molecular formula is C31H43N5O4. The van der Waals surface area contributed by atoms with Crippen molar-refractivity contribution in [2.24, 2.45) is 0 Å². The molecular weight excluding hydrogens is 506 g/mol. The maximum atomic E-state index is 13.9. The predicted octanol–water partition coefficient (Wildman–Crippen LogP) is 5.23. The Morgan fingerprint density at radius 2 is 1.35 bits per heavy atom. The summed E-state index contributed by atoms with van der Waals surface area (Å²) in [5.74, 6) is -0.0803. The first-order valence-corrected chi connectivity index (χ1v) is 15.0. The maximum absolute atomic E-state index is 13.9. The SMILES string of the molecule is CCCCCCCCc1c(O)n2c3c(=O)n(CCCC)c(=O)n(CCCC)c3nc2n(Cc2ccccc2)c1=O. The second-order valence-electron chi connectivity index (χ2n) is 10.7. The van der Waals surface area contributed by atoms with Crippen molar-refractivity contribution in [3.8, 4) is 5.88 Å². The average Bonchev–Trinajstić information content (AvgIpc) is 3.36. The summed E-state index contributed by atoms with van der Waals surface area (Å²) in [5.41, 5.74) is 0.342. The Kier molecular flexibility index (Phi) is 10.0. The largest absolute Gasteiger partial charge is 0.494 e. The van der Waals surface area contributed by atoms with Gasteiger partial charge in [-0.3, -0.25) is 23.3 Å². The van der Waals surface area contributed by atoms with Gasteiger partial charge in [-0.25, -0.2) is 9.20 Å². The molecule has 0 aliphatic carbocycles. The molecule has 4 aromatic rings. The van der Waals surface area contributed by atoms with Gasteiger partial charge in [-0.1, -0.05) is 96.0 Å². The van der Waals surface area contributed by atoms with Crippen LogP contribution in [0.15, 0.2) is 44.7 Å². The highest BCUT2D eigenvalue weighted by atomic mass is 16.3. The monoisotopic (exact) mass is 549 g/mol. The Hall–Kier alpha value is -3.62. The first kappa shape index (κ1) is 29.4. The smallest absolute Gasteiger partial charge is 0.332 e. The molecule has 1 N–H and O–H groups in total. The van der Waals surface area contributed by atoms with Crippen molar-refractivity contribution in [1.29, 1.82) is 0 Å². The molecule has 0 saturated heterocycles. The van der Waals surface area contributed by atoms with E-state index in [1.54, 1.807) is 0 Å². The number of aryl methyl sites for hydroxylation is 1. The average molecular weight is 550 g/mol. The van der Waals surface area contributed by atoms with Crippen molar-refractivity contribution < 1.29 is 5.11 Å². The molecule has 216 valence electrons. The Labute approximate surface area is 234 Å². The highest BCUT2D eigenvalue weighted by molar-refractivity contribution is 5.76. The van der Waals surface area contributed by atoms with E-state index in [1.807, 2.05) is 44.2 Å². The molecule has 0 unspecified atom stereocenters. The molecule has 1 aromatic carbocycles. The van der Waals surface area contributed by atoms with Gasteiger partial charge in [0, 0.05) is 13.1 Å². The Balaban J connectivity index is 1.98. The van der Waals surface area contributed by atoms with Crippen LogP contribution in [-0.4, -0.2) is 28.2 Å². The fourth-order valence-electron chi connectivity index (χ4n) is 5.33. The molecule has 0 saturated carbocycles. The van der Waals surface area contributed by atoms with E-state index in [-0.39, 0.29) is 40.5 Å². The van der Waals surface area contributed by atoms with Gasteiger partial charge in [-0.05, 0) is 31.2 Å². The third-order valence-corrected chi connectivity index (χ3v) is 7.67. The lowest BCUT2D eigenvalue weighted by molar-refractivity contribution is 0.431. The van der Waals surface area contributed by atoms with Crippen molar-refractivity contribution in [2.75, 3.05) is 0 Å². The molecule has 0 spiro atoms. The van der Waals surface area contributed by atoms with Crippen molar-refractivity contribution in [3.63, 3.8) is 0 Å². The van der Waals surface area contributed by atoms with E-state index in [1.165, 1.54) is 24.5 Å². The van der Waals surface area contributed by atoms with Gasteiger partial charge >= 0.3 is 5.69 Å². The van der Waals surface area contributed by atoms with Crippen molar-refractivity contribution in [3.05, 3.63) is 72.7 Å². The predicted molar refractivity (Wildman–Crippen MR) is 160 cm³/mol. The van der Waals surface area contributed by atoms with Crippen LogP contribution in [0.4, 0.5) is 0 Å². The molecule has 3 heterocycles. The van der Waals surface area contributed by atoms with E-state index in [2.05, 4.69) is 6.92 Å². The van der Waals surface area contributed by atoms with Crippen LogP contribution in [0.5, 0.6) is 5.88 Å². The first-order valence-electron chi connectivity index (χ1n) is 15.0. The third-order valence-electron chi connectivity index (χ3n) is 7.67. The van der Waals surface area contributed by atoms with Gasteiger partial charge in [0.2, 0.25) is 11.7 Å². The number of benzene rings is 1. The van der Waals surface area contributed by atoms with Crippen LogP contribution >= 0.6 is 0 Å². The standard InChI is InChI=1S/C31H43N5O4/c1-4-7-10-11-12-16-19-24-27(37)35(22-23-17-14-13-15-18-23)30-32-26-25(36(30)28(24)38)29(39)34(21-9-6-3)31(40)33(26)20-8-5-2/h13-15,17-18,38H,4-12,16,19-22H2,1-3H3. The van der Waals surface area contributed by atoms with Gasteiger partial charge in [-0.15, -0.1) is 0 Å². The Bertz CT molecular complexity index is 1610. The number of aromatic hydroxyl groups is 1. The molecule has 4 rings (SSSR count). The number of nitrogens with zero attached hydrogens (tertiary/aromatic N) is 5. The van der Waals surface area contributed by atoms with Gasteiger partial charge < -0.3 is 5.11 Å². The molecule has 0 aliphatic rings. The molecule has 0 bridgehead atoms. The van der Waals surface area contributed by atoms with Crippen LogP contribution in [-0.2, 0) is 26.1 Å². The fraction of sp³-hybridized carbons (Fsp3) is 0.548. The van der Waals surface area contributed by atoms with Crippen LogP contribution in [0.25, 0.3) is 16.9 Å². The quantitative estimate of drug-likeness (QED) is 0.205. The third kappa shape index (κ3) is 5.93. The minimum atomic E-state index is -0.487. The Morgan fingerprint density at radius 1 is 0.725 bits per heavy atom. The molecule has 9 nitrogen and oxygen atoms in total. The number of hydrogen-bond acceptors (Lipinski definition) is 5. The normalized spacial score (nSPS) is 11.7. The van der Waals surface area contributed by atoms with Gasteiger partial charge in [0.1, 0.15) is 0 Å². The Morgan fingerprint density at radius 3 is 2.02 bits per heavy atom. The van der Waals surface area contributed by atoms with E-state index in [9.17, 15) is 19.5 Å². The minimum Gasteiger partial charge on any atom is -0.494 e. The number of aromatic nitrogens is 5. The molecule has 40 heavy (non-hydrogen) atoms. The lowest BCUT2D eigenvalue weighted by atomic mass is 10.1. The van der Waals surface area contributed by atoms with Gasteiger partial charge in [-0.2, -0.15) is 4.98 Å². The topological polar surface area (TPSA) is 104 Å². The van der Waals surface area contributed by atoms with E-state index in [4.69, 9.17) is 4.98 Å². The maximum Gasteiger partial charge on any atom is 0.332 e. The molecule has 0 atom stereocenters. The van der Waals surface area contributed by atoms with E-state index in [0.29, 0.717) is 25.9 Å². The summed E-state index contributed by atoms with van der Waals surface area (Å²) in [5, 5.41) is 11.6. The molecule has 3 aromatic heterocycles. The zero-order valence-corrected chi connectivity index (χ0v) is 24.2. The lowest BCUT2D eigenvalue weighted by Crippen LogP contribution is -2.40. The van der Waals surface area contributed by atoms with Crippen molar-refractivity contribution in [1.82, 2.24) is 23.1 Å². The second-order valence-corrected chi connectivity index (χ2v) is 10.7. The van der Waals surface area contributed by atoms with E-state index >= 15 is 0 Å². The highest BCUT2D eigenvalue weighted by Gasteiger charge is 2.25. The van der Waals surface area contributed by atoms with Crippen molar-refractivity contribution in [2.45, 2.75) is 111 Å². The van der Waals surface area contributed by atoms with Gasteiger partial charge in [0.05, 0.1) is 12.1 Å². The summed E-state index contributed by atoms with van der Waals surface area (Å²) in [6.07, 6.45) is 9.81. The number of rotatable bonds is 15. The minimum absolute atomic E-state index is 0.144. The number of imidazole rings is 1. The van der Waals surface area contributed by atoms with Crippen LogP contribution in [0.2, 0.25) is 0 Å². The summed E-state index contributed by atoms with van der Waals surface area (Å²) < 4.78 is 5.74. The van der Waals surface area contributed by atoms with Gasteiger partial charge in [0.25, 0.3) is 11.1 Å². The highest BCUT2D eigenvalue weighted by Crippen LogP contribution is 2.24. The molecule has 0 amide bonds. The van der Waals surface area contributed by atoms with Crippen LogP contribution in [0.3, 0.4) is 0 Å². The molecule has 0 fully saturated rings. The summed E-state index contributed by atoms with van der Waals surface area (Å²) in [6.45, 7) is 7.15. The zero-order chi connectivity index (χ0) is 28.6. The van der Waals surface area contributed by atoms with E-state index in [0.717, 1.165) is 56.9 Å². The van der Waals surface area contributed by atoms with E-state index < -0.39 is 11.2 Å².